The quantitative estimate of drug-likeness (QED) is 0.274. The largest absolute Gasteiger partial charge is 0.395 e. The second kappa shape index (κ2) is 19.4. The van der Waals surface area contributed by atoms with Gasteiger partial charge in [-0.15, -0.1) is 0 Å². The average molecular weight is 331 g/mol. The van der Waals surface area contributed by atoms with Crippen LogP contribution in [0.3, 0.4) is 0 Å². The molecular formula is C20H42OS. The number of hydrogen-bond acceptors (Lipinski definition) is 2. The molecule has 22 heavy (non-hydrogen) atoms. The molecule has 1 nitrogen and oxygen atoms in total. The second-order valence-electron chi connectivity index (χ2n) is 6.71. The lowest BCUT2D eigenvalue weighted by molar-refractivity contribution is 0.288. The van der Waals surface area contributed by atoms with Crippen molar-refractivity contribution < 1.29 is 5.11 Å². The van der Waals surface area contributed by atoms with E-state index in [-0.39, 0.29) is 0 Å². The van der Waals surface area contributed by atoms with Gasteiger partial charge in [0.1, 0.15) is 0 Å². The van der Waals surface area contributed by atoms with Crippen LogP contribution in [0, 0.1) is 0 Å². The monoisotopic (exact) mass is 330 g/mol. The summed E-state index contributed by atoms with van der Waals surface area (Å²) in [5.41, 5.74) is 0. The summed E-state index contributed by atoms with van der Waals surface area (Å²) >= 11 is 2.01. The van der Waals surface area contributed by atoms with Crippen LogP contribution < -0.4 is 0 Å². The first-order valence-corrected chi connectivity index (χ1v) is 11.1. The van der Waals surface area contributed by atoms with Crippen LogP contribution in [0.5, 0.6) is 0 Å². The van der Waals surface area contributed by atoms with E-state index < -0.39 is 0 Å². The van der Waals surface area contributed by atoms with Crippen molar-refractivity contribution in [2.45, 2.75) is 115 Å². The van der Waals surface area contributed by atoms with Crippen molar-refractivity contribution in [2.24, 2.45) is 0 Å². The smallest absolute Gasteiger partial charge is 0.0550 e. The van der Waals surface area contributed by atoms with Crippen molar-refractivity contribution in [3.8, 4) is 0 Å². The van der Waals surface area contributed by atoms with Crippen LogP contribution >= 0.6 is 11.8 Å². The standard InChI is InChI=1S/C20H42OS/c1-3-5-7-9-11-12-14-16-18-22-20(19-21)17-15-13-10-8-6-4-2/h20-21H,3-19H2,1-2H3. The SMILES string of the molecule is CCCCCCCCCCSC(CO)CCCCCCCC. The predicted molar refractivity (Wildman–Crippen MR) is 104 cm³/mol. The molecule has 0 amide bonds. The molecule has 0 spiro atoms. The van der Waals surface area contributed by atoms with E-state index in [0.717, 1.165) is 0 Å². The molecule has 1 unspecified atom stereocenters. The molecule has 0 fully saturated rings. The first-order valence-electron chi connectivity index (χ1n) is 10.1. The minimum atomic E-state index is 0.372. The van der Waals surface area contributed by atoms with E-state index in [1.165, 1.54) is 102 Å². The Morgan fingerprint density at radius 3 is 1.59 bits per heavy atom. The van der Waals surface area contributed by atoms with Gasteiger partial charge in [-0.2, -0.15) is 11.8 Å². The Balaban J connectivity index is 3.28. The number of aliphatic hydroxyl groups is 1. The molecule has 0 aromatic heterocycles. The highest BCUT2D eigenvalue weighted by Gasteiger charge is 2.07. The molecule has 134 valence electrons. The van der Waals surface area contributed by atoms with Crippen LogP contribution in [-0.4, -0.2) is 22.7 Å². The first-order chi connectivity index (χ1) is 10.8. The molecule has 0 aliphatic rings. The zero-order valence-electron chi connectivity index (χ0n) is 15.5. The zero-order chi connectivity index (χ0) is 16.3. The molecule has 2 heteroatoms. The minimum Gasteiger partial charge on any atom is -0.395 e. The summed E-state index contributed by atoms with van der Waals surface area (Å²) in [6, 6.07) is 0. The molecule has 0 aliphatic heterocycles. The topological polar surface area (TPSA) is 20.2 Å². The first kappa shape index (κ1) is 22.3. The Morgan fingerprint density at radius 2 is 1.09 bits per heavy atom. The van der Waals surface area contributed by atoms with Gasteiger partial charge in [-0.3, -0.25) is 0 Å². The average Bonchev–Trinajstić information content (AvgIpc) is 2.54. The third-order valence-corrected chi connectivity index (χ3v) is 5.82. The van der Waals surface area contributed by atoms with Gasteiger partial charge in [-0.1, -0.05) is 97.3 Å². The fraction of sp³-hybridized carbons (Fsp3) is 1.00. The molecule has 0 saturated carbocycles. The highest BCUT2D eigenvalue weighted by Crippen LogP contribution is 2.20. The Kier molecular flexibility index (Phi) is 19.6. The fourth-order valence-corrected chi connectivity index (χ4v) is 4.01. The van der Waals surface area contributed by atoms with Gasteiger partial charge in [0, 0.05) is 5.25 Å². The number of unbranched alkanes of at least 4 members (excludes halogenated alkanes) is 12. The van der Waals surface area contributed by atoms with Crippen molar-refractivity contribution in [3.63, 3.8) is 0 Å². The van der Waals surface area contributed by atoms with E-state index in [4.69, 9.17) is 0 Å². The lowest BCUT2D eigenvalue weighted by Gasteiger charge is -2.13. The van der Waals surface area contributed by atoms with Crippen LogP contribution in [0.15, 0.2) is 0 Å². The molecule has 0 rings (SSSR count). The Bertz CT molecular complexity index is 196. The van der Waals surface area contributed by atoms with Gasteiger partial charge in [0.15, 0.2) is 0 Å². The van der Waals surface area contributed by atoms with Gasteiger partial charge in [-0.05, 0) is 18.6 Å². The molecule has 1 atom stereocenters. The summed E-state index contributed by atoms with van der Waals surface area (Å²) in [7, 11) is 0. The van der Waals surface area contributed by atoms with Gasteiger partial charge < -0.3 is 5.11 Å². The predicted octanol–water partition coefficient (Wildman–Crippen LogP) is 6.97. The van der Waals surface area contributed by atoms with Gasteiger partial charge in [0.05, 0.1) is 6.61 Å². The molecule has 0 bridgehead atoms. The van der Waals surface area contributed by atoms with Crippen LogP contribution in [0.4, 0.5) is 0 Å². The van der Waals surface area contributed by atoms with E-state index in [1.54, 1.807) is 0 Å². The van der Waals surface area contributed by atoms with Crippen LogP contribution in [0.1, 0.15) is 110 Å². The summed E-state index contributed by atoms with van der Waals surface area (Å²) in [5.74, 6) is 1.25. The molecule has 0 aliphatic carbocycles. The second-order valence-corrected chi connectivity index (χ2v) is 8.11. The van der Waals surface area contributed by atoms with Gasteiger partial charge >= 0.3 is 0 Å². The number of aliphatic hydroxyl groups excluding tert-OH is 1. The van der Waals surface area contributed by atoms with E-state index in [0.29, 0.717) is 11.9 Å². The van der Waals surface area contributed by atoms with Crippen LogP contribution in [-0.2, 0) is 0 Å². The number of thioether (sulfide) groups is 1. The minimum absolute atomic E-state index is 0.372. The maximum atomic E-state index is 9.47. The van der Waals surface area contributed by atoms with Crippen molar-refractivity contribution in [1.82, 2.24) is 0 Å². The normalized spacial score (nSPS) is 12.7. The summed E-state index contributed by atoms with van der Waals surface area (Å²) < 4.78 is 0. The Hall–Kier alpha value is 0.310. The number of hydrogen-bond donors (Lipinski definition) is 1. The molecule has 0 aromatic carbocycles. The summed E-state index contributed by atoms with van der Waals surface area (Å²) in [6.45, 7) is 4.92. The Morgan fingerprint density at radius 1 is 0.636 bits per heavy atom. The lowest BCUT2D eigenvalue weighted by Crippen LogP contribution is -2.09. The molecule has 0 radical (unpaired) electrons. The molecule has 0 aromatic rings. The highest BCUT2D eigenvalue weighted by atomic mass is 32.2. The van der Waals surface area contributed by atoms with Crippen LogP contribution in [0.25, 0.3) is 0 Å². The van der Waals surface area contributed by atoms with Crippen LogP contribution in [0.2, 0.25) is 0 Å². The van der Waals surface area contributed by atoms with Gasteiger partial charge in [0.25, 0.3) is 0 Å². The third-order valence-electron chi connectivity index (χ3n) is 4.43. The highest BCUT2D eigenvalue weighted by molar-refractivity contribution is 7.99. The molecule has 0 saturated heterocycles. The van der Waals surface area contributed by atoms with E-state index in [2.05, 4.69) is 13.8 Å². The maximum absolute atomic E-state index is 9.47. The van der Waals surface area contributed by atoms with Crippen molar-refractivity contribution in [1.29, 1.82) is 0 Å². The zero-order valence-corrected chi connectivity index (χ0v) is 16.3. The lowest BCUT2D eigenvalue weighted by atomic mass is 10.1. The fourth-order valence-electron chi connectivity index (χ4n) is 2.87. The Labute approximate surface area is 145 Å². The van der Waals surface area contributed by atoms with E-state index in [9.17, 15) is 5.11 Å². The molecular weight excluding hydrogens is 288 g/mol. The molecule has 1 N–H and O–H groups in total. The third kappa shape index (κ3) is 16.7. The van der Waals surface area contributed by atoms with E-state index in [1.807, 2.05) is 11.8 Å². The van der Waals surface area contributed by atoms with Crippen molar-refractivity contribution in [2.75, 3.05) is 12.4 Å². The summed E-state index contributed by atoms with van der Waals surface area (Å²) in [4.78, 5) is 0. The van der Waals surface area contributed by atoms with Gasteiger partial charge in [-0.25, -0.2) is 0 Å². The van der Waals surface area contributed by atoms with Crippen molar-refractivity contribution in [3.05, 3.63) is 0 Å². The van der Waals surface area contributed by atoms with Crippen molar-refractivity contribution >= 4 is 11.8 Å². The van der Waals surface area contributed by atoms with Gasteiger partial charge in [0.2, 0.25) is 0 Å². The van der Waals surface area contributed by atoms with E-state index >= 15 is 0 Å². The maximum Gasteiger partial charge on any atom is 0.0550 e. The molecule has 0 heterocycles. The number of rotatable bonds is 18. The summed E-state index contributed by atoms with van der Waals surface area (Å²) in [6.07, 6.45) is 20.5. The summed E-state index contributed by atoms with van der Waals surface area (Å²) in [5, 5.41) is 9.97.